The van der Waals surface area contributed by atoms with Crippen molar-refractivity contribution < 1.29 is 0 Å². The molecule has 0 unspecified atom stereocenters. The first-order chi connectivity index (χ1) is 41.4. The Kier molecular flexibility index (Phi) is 18.8. The second-order valence-electron chi connectivity index (χ2n) is 21.2. The molecular weight excluding hydrogens is 1050 g/mol. The van der Waals surface area contributed by atoms with Crippen molar-refractivity contribution in [1.29, 1.82) is 0 Å². The van der Waals surface area contributed by atoms with Crippen molar-refractivity contribution in [2.75, 3.05) is 43.0 Å². The van der Waals surface area contributed by atoms with Gasteiger partial charge in [0.25, 0.3) is 0 Å². The lowest BCUT2D eigenvalue weighted by Gasteiger charge is -2.13. The number of anilines is 15. The molecule has 17 heteroatoms. The largest absolute Gasteiger partial charge is 0.399 e. The van der Waals surface area contributed by atoms with Crippen LogP contribution in [0, 0.1) is 0 Å². The molecule has 0 aliphatic carbocycles. The summed E-state index contributed by atoms with van der Waals surface area (Å²) in [4.78, 5) is 42.1. The van der Waals surface area contributed by atoms with Crippen molar-refractivity contribution >= 4 is 87.1 Å². The summed E-state index contributed by atoms with van der Waals surface area (Å²) in [5.74, 6) is 5.83. The van der Waals surface area contributed by atoms with Crippen molar-refractivity contribution in [3.8, 4) is 0 Å². The second kappa shape index (κ2) is 27.8. The lowest BCUT2D eigenvalue weighted by atomic mass is 10.0. The minimum absolute atomic E-state index is 0.401. The highest BCUT2D eigenvalue weighted by Crippen LogP contribution is 2.27. The maximum atomic E-state index is 5.78. The molecule has 8 aromatic carbocycles. The molecule has 0 spiro atoms. The van der Waals surface area contributed by atoms with Crippen molar-refractivity contribution in [2.45, 2.75) is 72.1 Å². The Morgan fingerprint density at radius 1 is 0.259 bits per heavy atom. The van der Waals surface area contributed by atoms with Gasteiger partial charge in [-0.05, 0) is 143 Å². The molecule has 426 valence electrons. The summed E-state index contributed by atoms with van der Waals surface area (Å²) in [5.41, 5.74) is 18.7. The lowest BCUT2D eigenvalue weighted by Crippen LogP contribution is -2.09. The van der Waals surface area contributed by atoms with E-state index in [1.165, 1.54) is 16.7 Å². The van der Waals surface area contributed by atoms with Gasteiger partial charge in [0.1, 0.15) is 11.6 Å². The number of para-hydroxylation sites is 3. The SMILES string of the molecule is CC(C)c1ccc(Cc2nc(Cc3ccc(Nc4nc(Nc5ccccc5)nc(Nc5ccc(C(C)C)cc5)n4)cc3)nc(Nc3ccccc3)n2)cc1.CC(C)c1ccc(Nc2nc(Nc3ccccc3)nc(Nc3ccc(N)cc3)n2)cc1. The average molecular weight is 1120 g/mol. The van der Waals surface area contributed by atoms with Crippen LogP contribution >= 0.6 is 0 Å². The monoisotopic (exact) mass is 1120 g/mol. The van der Waals surface area contributed by atoms with Crippen molar-refractivity contribution in [3.63, 3.8) is 0 Å². The molecule has 0 aliphatic heterocycles. The molecule has 9 N–H and O–H groups in total. The van der Waals surface area contributed by atoms with E-state index < -0.39 is 0 Å². The highest BCUT2D eigenvalue weighted by atomic mass is 15.3. The number of nitrogens with two attached hydrogens (primary N) is 1. The molecule has 0 bridgehead atoms. The van der Waals surface area contributed by atoms with E-state index in [1.54, 1.807) is 0 Å². The molecule has 0 fully saturated rings. The molecule has 0 amide bonds. The van der Waals surface area contributed by atoms with Gasteiger partial charge in [0.2, 0.25) is 41.6 Å². The highest BCUT2D eigenvalue weighted by molar-refractivity contribution is 5.65. The fourth-order valence-corrected chi connectivity index (χ4v) is 8.80. The molecule has 0 aliphatic rings. The van der Waals surface area contributed by atoms with Crippen molar-refractivity contribution in [1.82, 2.24) is 44.9 Å². The topological polar surface area (TPSA) is 226 Å². The molecule has 0 atom stereocenters. The van der Waals surface area contributed by atoms with E-state index in [9.17, 15) is 0 Å². The summed E-state index contributed by atoms with van der Waals surface area (Å²) in [5, 5.41) is 23.1. The van der Waals surface area contributed by atoms with Crippen LogP contribution in [0.3, 0.4) is 0 Å². The minimum Gasteiger partial charge on any atom is -0.399 e. The zero-order valence-corrected chi connectivity index (χ0v) is 48.5. The molecule has 3 aromatic heterocycles. The minimum atomic E-state index is 0.401. The predicted octanol–water partition coefficient (Wildman–Crippen LogP) is 16.3. The van der Waals surface area contributed by atoms with Gasteiger partial charge in [0, 0.05) is 58.3 Å². The maximum Gasteiger partial charge on any atom is 0.233 e. The normalized spacial score (nSPS) is 10.9. The molecule has 0 radical (unpaired) electrons. The summed E-state index contributed by atoms with van der Waals surface area (Å²) < 4.78 is 0. The van der Waals surface area contributed by atoms with E-state index in [1.807, 2.05) is 152 Å². The van der Waals surface area contributed by atoms with Gasteiger partial charge in [0.05, 0.1) is 0 Å². The van der Waals surface area contributed by atoms with Gasteiger partial charge in [-0.15, -0.1) is 0 Å². The summed E-state index contributed by atoms with van der Waals surface area (Å²) in [6.07, 6.45) is 1.14. The van der Waals surface area contributed by atoms with Crippen LogP contribution < -0.4 is 43.0 Å². The van der Waals surface area contributed by atoms with Crippen LogP contribution in [0.5, 0.6) is 0 Å². The van der Waals surface area contributed by atoms with E-state index >= 15 is 0 Å². The molecule has 11 aromatic rings. The van der Waals surface area contributed by atoms with Crippen LogP contribution in [0.4, 0.5) is 87.1 Å². The number of hydrogen-bond acceptors (Lipinski definition) is 17. The van der Waals surface area contributed by atoms with Crippen molar-refractivity contribution in [2.24, 2.45) is 0 Å². The second-order valence-corrected chi connectivity index (χ2v) is 21.2. The molecule has 11 rings (SSSR count). The molecule has 85 heavy (non-hydrogen) atoms. The number of benzene rings is 8. The fraction of sp³-hybridized carbons (Fsp3) is 0.162. The third-order valence-corrected chi connectivity index (χ3v) is 13.5. The van der Waals surface area contributed by atoms with Crippen LogP contribution in [0.25, 0.3) is 0 Å². The van der Waals surface area contributed by atoms with Gasteiger partial charge in [-0.2, -0.15) is 39.9 Å². The third-order valence-electron chi connectivity index (χ3n) is 13.5. The summed E-state index contributed by atoms with van der Waals surface area (Å²) in [7, 11) is 0. The maximum absolute atomic E-state index is 5.78. The number of nitrogens with one attached hydrogen (secondary N) is 7. The van der Waals surface area contributed by atoms with E-state index in [0.29, 0.717) is 89.6 Å². The van der Waals surface area contributed by atoms with E-state index in [0.717, 1.165) is 50.9 Å². The number of nitrogen functional groups attached to an aromatic ring is 1. The Balaban J connectivity index is 0.000000219. The Morgan fingerprint density at radius 3 is 0.765 bits per heavy atom. The third kappa shape index (κ3) is 17.1. The number of nitrogens with zero attached hydrogens (tertiary/aromatic N) is 9. The summed E-state index contributed by atoms with van der Waals surface area (Å²) in [6.45, 7) is 13.1. The summed E-state index contributed by atoms with van der Waals surface area (Å²) in [6, 6.07) is 70.3. The van der Waals surface area contributed by atoms with Crippen LogP contribution in [0.2, 0.25) is 0 Å². The lowest BCUT2D eigenvalue weighted by molar-refractivity contribution is 0.850. The molecule has 3 heterocycles. The molecule has 0 saturated carbocycles. The average Bonchev–Trinajstić information content (AvgIpc) is 3.59. The van der Waals surface area contributed by atoms with Crippen molar-refractivity contribution in [3.05, 3.63) is 252 Å². The van der Waals surface area contributed by atoms with E-state index in [-0.39, 0.29) is 0 Å². The Labute approximate surface area is 496 Å². The first-order valence-electron chi connectivity index (χ1n) is 28.4. The standard InChI is InChI=1S/C44H44N10.C24H25N7/c1-29(2)33-19-15-31(16-20-33)27-39-49-40(51-41(50-39)45-35-11-7-5-8-12-35)28-32-17-23-37(24-18-32)47-43-52-42(46-36-13-9-6-10-14-36)53-44(54-43)48-38-25-21-34(22-26-38)30(3)4;1-16(2)17-8-12-20(13-9-17)27-23-29-22(26-19-6-4-3-5-7-19)30-24(31-23)28-21-14-10-18(25)11-15-21/h5-26,29-30H,27-28H2,1-4H3,(H,45,49,50,51)(H3,46,47,48,52,53,54);3-16H,25H2,1-2H3,(H3,26,27,28,29,30,31). The summed E-state index contributed by atoms with van der Waals surface area (Å²) >= 11 is 0. The highest BCUT2D eigenvalue weighted by Gasteiger charge is 2.14. The van der Waals surface area contributed by atoms with E-state index in [2.05, 4.69) is 164 Å². The quantitative estimate of drug-likeness (QED) is 0.0313. The van der Waals surface area contributed by atoms with Gasteiger partial charge in [-0.1, -0.05) is 157 Å². The van der Waals surface area contributed by atoms with Crippen LogP contribution in [-0.2, 0) is 12.8 Å². The van der Waals surface area contributed by atoms with Gasteiger partial charge < -0.3 is 43.0 Å². The molecule has 17 nitrogen and oxygen atoms in total. The van der Waals surface area contributed by atoms with Gasteiger partial charge in [0.15, 0.2) is 0 Å². The number of aromatic nitrogens is 9. The van der Waals surface area contributed by atoms with Gasteiger partial charge >= 0.3 is 0 Å². The Morgan fingerprint density at radius 2 is 0.482 bits per heavy atom. The molecular formula is C68H69N17. The first kappa shape index (κ1) is 57.4. The predicted molar refractivity (Wildman–Crippen MR) is 346 cm³/mol. The smallest absolute Gasteiger partial charge is 0.233 e. The first-order valence-corrected chi connectivity index (χ1v) is 28.4. The van der Waals surface area contributed by atoms with E-state index in [4.69, 9.17) is 25.7 Å². The van der Waals surface area contributed by atoms with Crippen LogP contribution in [0.15, 0.2) is 212 Å². The Bertz CT molecular complexity index is 3710. The van der Waals surface area contributed by atoms with Gasteiger partial charge in [-0.25, -0.2) is 4.98 Å². The molecule has 0 saturated heterocycles. The zero-order valence-electron chi connectivity index (χ0n) is 48.5. The zero-order chi connectivity index (χ0) is 58.9. The number of hydrogen-bond donors (Lipinski definition) is 8. The van der Waals surface area contributed by atoms with Crippen LogP contribution in [-0.4, -0.2) is 44.9 Å². The fourth-order valence-electron chi connectivity index (χ4n) is 8.80. The van der Waals surface area contributed by atoms with Crippen LogP contribution in [0.1, 0.15) is 98.8 Å². The Hall–Kier alpha value is -10.8. The number of rotatable bonds is 21. The van der Waals surface area contributed by atoms with Gasteiger partial charge in [-0.3, -0.25) is 0 Å².